The summed E-state index contributed by atoms with van der Waals surface area (Å²) in [5.74, 6) is 0.416. The maximum absolute atomic E-state index is 9.26. The van der Waals surface area contributed by atoms with Gasteiger partial charge in [0.05, 0.1) is 7.11 Å². The van der Waals surface area contributed by atoms with Crippen LogP contribution in [-0.2, 0) is 6.54 Å². The van der Waals surface area contributed by atoms with Gasteiger partial charge in [0, 0.05) is 17.6 Å². The lowest BCUT2D eigenvalue weighted by atomic mass is 10.2. The molecular formula is C8H10ClNO2. The Morgan fingerprint density at radius 3 is 2.75 bits per heavy atom. The Kier molecular flexibility index (Phi) is 2.78. The molecule has 0 aliphatic carbocycles. The molecule has 0 amide bonds. The molecule has 1 rings (SSSR count). The Bertz CT molecular complexity index is 263. The zero-order valence-electron chi connectivity index (χ0n) is 6.67. The van der Waals surface area contributed by atoms with Crippen molar-refractivity contribution in [3.05, 3.63) is 22.7 Å². The first-order valence-electron chi connectivity index (χ1n) is 3.44. The van der Waals surface area contributed by atoms with E-state index in [0.29, 0.717) is 17.3 Å². The third kappa shape index (κ3) is 1.62. The van der Waals surface area contributed by atoms with E-state index in [4.69, 9.17) is 22.1 Å². The number of phenolic OH excluding ortho intramolecular Hbond substituents is 1. The summed E-state index contributed by atoms with van der Waals surface area (Å²) in [5, 5.41) is 9.72. The molecule has 0 aromatic heterocycles. The number of hydrogen-bond donors (Lipinski definition) is 2. The van der Waals surface area contributed by atoms with Gasteiger partial charge < -0.3 is 15.6 Å². The summed E-state index contributed by atoms with van der Waals surface area (Å²) in [7, 11) is 1.48. The second kappa shape index (κ2) is 3.65. The monoisotopic (exact) mass is 187 g/mol. The number of methoxy groups -OCH3 is 1. The van der Waals surface area contributed by atoms with Crippen LogP contribution >= 0.6 is 11.6 Å². The quantitative estimate of drug-likeness (QED) is 0.738. The fourth-order valence-electron chi connectivity index (χ4n) is 0.905. The second-order valence-corrected chi connectivity index (χ2v) is 2.73. The molecule has 12 heavy (non-hydrogen) atoms. The number of rotatable bonds is 2. The molecule has 0 aliphatic heterocycles. The van der Waals surface area contributed by atoms with Crippen molar-refractivity contribution in [1.29, 1.82) is 0 Å². The molecule has 4 heteroatoms. The maximum Gasteiger partial charge on any atom is 0.160 e. The Balaban J connectivity index is 3.18. The molecule has 0 spiro atoms. The standard InChI is InChI=1S/C8H10ClNO2/c1-12-8-2-5(4-10)6(9)3-7(8)11/h2-3,11H,4,10H2,1H3. The molecule has 0 bridgehead atoms. The summed E-state index contributed by atoms with van der Waals surface area (Å²) in [6.45, 7) is 0.329. The third-order valence-electron chi connectivity index (χ3n) is 1.57. The molecule has 0 saturated heterocycles. The van der Waals surface area contributed by atoms with Crippen LogP contribution in [0.1, 0.15) is 5.56 Å². The predicted octanol–water partition coefficient (Wildman–Crippen LogP) is 1.51. The van der Waals surface area contributed by atoms with Gasteiger partial charge in [-0.05, 0) is 11.6 Å². The van der Waals surface area contributed by atoms with Gasteiger partial charge in [0.15, 0.2) is 11.5 Å². The largest absolute Gasteiger partial charge is 0.504 e. The van der Waals surface area contributed by atoms with Gasteiger partial charge >= 0.3 is 0 Å². The molecule has 0 fully saturated rings. The Hall–Kier alpha value is -0.930. The van der Waals surface area contributed by atoms with Crippen molar-refractivity contribution < 1.29 is 9.84 Å². The summed E-state index contributed by atoms with van der Waals surface area (Å²) in [6.07, 6.45) is 0. The Labute approximate surface area is 75.7 Å². The summed E-state index contributed by atoms with van der Waals surface area (Å²) in [5.41, 5.74) is 6.16. The summed E-state index contributed by atoms with van der Waals surface area (Å²) < 4.78 is 4.88. The van der Waals surface area contributed by atoms with Crippen molar-refractivity contribution in [2.75, 3.05) is 7.11 Å². The van der Waals surface area contributed by atoms with Crippen LogP contribution in [0.25, 0.3) is 0 Å². The minimum Gasteiger partial charge on any atom is -0.504 e. The zero-order chi connectivity index (χ0) is 9.14. The molecule has 0 radical (unpaired) electrons. The average molecular weight is 188 g/mol. The summed E-state index contributed by atoms with van der Waals surface area (Å²) >= 11 is 5.76. The van der Waals surface area contributed by atoms with Gasteiger partial charge in [0.2, 0.25) is 0 Å². The normalized spacial score (nSPS) is 9.92. The minimum atomic E-state index is 0.0275. The smallest absolute Gasteiger partial charge is 0.160 e. The van der Waals surface area contributed by atoms with Gasteiger partial charge in [-0.2, -0.15) is 0 Å². The van der Waals surface area contributed by atoms with Gasteiger partial charge in [0.1, 0.15) is 0 Å². The van der Waals surface area contributed by atoms with Crippen molar-refractivity contribution in [2.45, 2.75) is 6.54 Å². The first-order chi connectivity index (χ1) is 5.69. The van der Waals surface area contributed by atoms with Crippen LogP contribution in [-0.4, -0.2) is 12.2 Å². The highest BCUT2D eigenvalue weighted by Gasteiger charge is 2.06. The lowest BCUT2D eigenvalue weighted by molar-refractivity contribution is 0.373. The molecule has 66 valence electrons. The topological polar surface area (TPSA) is 55.5 Å². The molecule has 3 nitrogen and oxygen atoms in total. The third-order valence-corrected chi connectivity index (χ3v) is 1.92. The van der Waals surface area contributed by atoms with E-state index in [-0.39, 0.29) is 5.75 Å². The molecule has 1 aromatic carbocycles. The van der Waals surface area contributed by atoms with E-state index in [1.54, 1.807) is 6.07 Å². The van der Waals surface area contributed by atoms with Crippen LogP contribution in [0.3, 0.4) is 0 Å². The van der Waals surface area contributed by atoms with Crippen LogP contribution in [0.4, 0.5) is 0 Å². The fourth-order valence-corrected chi connectivity index (χ4v) is 1.14. The highest BCUT2D eigenvalue weighted by Crippen LogP contribution is 2.31. The van der Waals surface area contributed by atoms with Crippen LogP contribution < -0.4 is 10.5 Å². The summed E-state index contributed by atoms with van der Waals surface area (Å²) in [4.78, 5) is 0. The fraction of sp³-hybridized carbons (Fsp3) is 0.250. The van der Waals surface area contributed by atoms with Crippen LogP contribution in [0.5, 0.6) is 11.5 Å². The molecule has 0 atom stereocenters. The van der Waals surface area contributed by atoms with E-state index in [0.717, 1.165) is 5.56 Å². The molecule has 0 saturated carbocycles. The number of nitrogens with two attached hydrogens (primary N) is 1. The first-order valence-corrected chi connectivity index (χ1v) is 3.82. The van der Waals surface area contributed by atoms with Crippen molar-refractivity contribution in [3.63, 3.8) is 0 Å². The van der Waals surface area contributed by atoms with Crippen molar-refractivity contribution >= 4 is 11.6 Å². The van der Waals surface area contributed by atoms with E-state index in [9.17, 15) is 5.11 Å². The highest BCUT2D eigenvalue weighted by atomic mass is 35.5. The molecule has 0 aliphatic rings. The molecular weight excluding hydrogens is 178 g/mol. The number of aromatic hydroxyl groups is 1. The SMILES string of the molecule is COc1cc(CN)c(Cl)cc1O. The number of benzene rings is 1. The Morgan fingerprint density at radius 1 is 1.58 bits per heavy atom. The first kappa shape index (κ1) is 9.16. The van der Waals surface area contributed by atoms with E-state index >= 15 is 0 Å². The number of hydrogen-bond acceptors (Lipinski definition) is 3. The average Bonchev–Trinajstić information content (AvgIpc) is 2.05. The van der Waals surface area contributed by atoms with Crippen molar-refractivity contribution in [3.8, 4) is 11.5 Å². The van der Waals surface area contributed by atoms with Crippen LogP contribution in [0.2, 0.25) is 5.02 Å². The predicted molar refractivity (Wildman–Crippen MR) is 47.6 cm³/mol. The molecule has 0 heterocycles. The van der Waals surface area contributed by atoms with E-state index in [1.807, 2.05) is 0 Å². The van der Waals surface area contributed by atoms with Gasteiger partial charge in [-0.1, -0.05) is 11.6 Å². The second-order valence-electron chi connectivity index (χ2n) is 2.32. The van der Waals surface area contributed by atoms with Crippen molar-refractivity contribution in [2.24, 2.45) is 5.73 Å². The van der Waals surface area contributed by atoms with Gasteiger partial charge in [-0.15, -0.1) is 0 Å². The van der Waals surface area contributed by atoms with E-state index < -0.39 is 0 Å². The van der Waals surface area contributed by atoms with E-state index in [2.05, 4.69) is 0 Å². The molecule has 3 N–H and O–H groups in total. The zero-order valence-corrected chi connectivity index (χ0v) is 7.43. The van der Waals surface area contributed by atoms with Gasteiger partial charge in [0.25, 0.3) is 0 Å². The van der Waals surface area contributed by atoms with Gasteiger partial charge in [-0.25, -0.2) is 0 Å². The van der Waals surface area contributed by atoms with Gasteiger partial charge in [-0.3, -0.25) is 0 Å². The van der Waals surface area contributed by atoms with Crippen LogP contribution in [0, 0.1) is 0 Å². The lowest BCUT2D eigenvalue weighted by Gasteiger charge is -2.06. The number of phenols is 1. The number of halogens is 1. The maximum atomic E-state index is 9.26. The molecule has 0 unspecified atom stereocenters. The highest BCUT2D eigenvalue weighted by molar-refractivity contribution is 6.31. The Morgan fingerprint density at radius 2 is 2.25 bits per heavy atom. The van der Waals surface area contributed by atoms with Crippen molar-refractivity contribution in [1.82, 2.24) is 0 Å². The van der Waals surface area contributed by atoms with Crippen LogP contribution in [0.15, 0.2) is 12.1 Å². The lowest BCUT2D eigenvalue weighted by Crippen LogP contribution is -1.97. The molecule has 1 aromatic rings. The number of ether oxygens (including phenoxy) is 1. The minimum absolute atomic E-state index is 0.0275. The van der Waals surface area contributed by atoms with E-state index in [1.165, 1.54) is 13.2 Å². The summed E-state index contributed by atoms with van der Waals surface area (Å²) in [6, 6.07) is 3.04.